The van der Waals surface area contributed by atoms with Crippen molar-refractivity contribution in [3.05, 3.63) is 24.2 Å². The summed E-state index contributed by atoms with van der Waals surface area (Å²) >= 11 is 0. The van der Waals surface area contributed by atoms with E-state index in [1.807, 2.05) is 24.7 Å². The second kappa shape index (κ2) is 2.91. The van der Waals surface area contributed by atoms with Crippen LogP contribution >= 0.6 is 0 Å². The molecule has 0 aliphatic rings. The van der Waals surface area contributed by atoms with Gasteiger partial charge < -0.3 is 4.57 Å². The number of hydrogen-bond acceptors (Lipinski definition) is 2. The van der Waals surface area contributed by atoms with Crippen LogP contribution in [0.4, 0.5) is 0 Å². The van der Waals surface area contributed by atoms with Crippen LogP contribution in [0.3, 0.4) is 0 Å². The van der Waals surface area contributed by atoms with Crippen molar-refractivity contribution >= 4 is 10.9 Å². The van der Waals surface area contributed by atoms with Gasteiger partial charge in [0.2, 0.25) is 0 Å². The first-order chi connectivity index (χ1) is 6.33. The molecule has 3 heteroatoms. The van der Waals surface area contributed by atoms with Gasteiger partial charge in [-0.1, -0.05) is 5.92 Å². The summed E-state index contributed by atoms with van der Waals surface area (Å²) in [5.74, 6) is 5.91. The Bertz CT molecular complexity index is 500. The standard InChI is InChI=1S/C10H9N3/c1-3-4-8-7-13(2)10-6-12-11-5-9(8)10/h5-7H,1-2H3. The fraction of sp³-hybridized carbons (Fsp3) is 0.200. The Labute approximate surface area is 76.4 Å². The van der Waals surface area contributed by atoms with E-state index in [2.05, 4.69) is 22.0 Å². The maximum absolute atomic E-state index is 3.84. The van der Waals surface area contributed by atoms with Crippen LogP contribution in [-0.4, -0.2) is 14.8 Å². The Hall–Kier alpha value is -1.82. The molecule has 0 radical (unpaired) electrons. The summed E-state index contributed by atoms with van der Waals surface area (Å²) in [5, 5.41) is 8.73. The molecular formula is C10H9N3. The molecule has 0 saturated carbocycles. The van der Waals surface area contributed by atoms with E-state index in [9.17, 15) is 0 Å². The van der Waals surface area contributed by atoms with E-state index in [0.29, 0.717) is 0 Å². The van der Waals surface area contributed by atoms with E-state index >= 15 is 0 Å². The summed E-state index contributed by atoms with van der Waals surface area (Å²) in [7, 11) is 1.98. The fourth-order valence-electron chi connectivity index (χ4n) is 1.37. The van der Waals surface area contributed by atoms with Crippen molar-refractivity contribution in [1.29, 1.82) is 0 Å². The molecule has 0 atom stereocenters. The zero-order valence-electron chi connectivity index (χ0n) is 7.57. The second-order valence-electron chi connectivity index (χ2n) is 2.82. The van der Waals surface area contributed by atoms with Gasteiger partial charge in [0.25, 0.3) is 0 Å². The number of aryl methyl sites for hydroxylation is 1. The number of rotatable bonds is 0. The lowest BCUT2D eigenvalue weighted by molar-refractivity contribution is 0.951. The predicted molar refractivity (Wildman–Crippen MR) is 51.1 cm³/mol. The molecule has 0 fully saturated rings. The van der Waals surface area contributed by atoms with Gasteiger partial charge in [-0.05, 0) is 6.92 Å². The zero-order valence-corrected chi connectivity index (χ0v) is 7.57. The highest BCUT2D eigenvalue weighted by Gasteiger charge is 2.03. The van der Waals surface area contributed by atoms with Crippen molar-refractivity contribution in [2.45, 2.75) is 6.92 Å². The van der Waals surface area contributed by atoms with Crippen LogP contribution in [0.1, 0.15) is 12.5 Å². The Morgan fingerprint density at radius 3 is 2.85 bits per heavy atom. The molecule has 0 amide bonds. The summed E-state index contributed by atoms with van der Waals surface area (Å²) < 4.78 is 2.00. The molecule has 3 nitrogen and oxygen atoms in total. The SMILES string of the molecule is CC#Cc1cn(C)c2cnncc12. The summed E-state index contributed by atoms with van der Waals surface area (Å²) in [6, 6.07) is 0. The van der Waals surface area contributed by atoms with E-state index in [1.54, 1.807) is 12.4 Å². The molecule has 2 heterocycles. The Morgan fingerprint density at radius 1 is 1.31 bits per heavy atom. The average molecular weight is 171 g/mol. The fourth-order valence-corrected chi connectivity index (χ4v) is 1.37. The first-order valence-corrected chi connectivity index (χ1v) is 4.01. The lowest BCUT2D eigenvalue weighted by Gasteiger charge is -1.90. The third-order valence-corrected chi connectivity index (χ3v) is 1.96. The lowest BCUT2D eigenvalue weighted by Crippen LogP contribution is -1.85. The quantitative estimate of drug-likeness (QED) is 0.560. The van der Waals surface area contributed by atoms with Crippen molar-refractivity contribution < 1.29 is 0 Å². The molecule has 13 heavy (non-hydrogen) atoms. The molecule has 0 spiro atoms. The normalized spacial score (nSPS) is 9.69. The molecule has 0 aromatic carbocycles. The minimum Gasteiger partial charge on any atom is -0.348 e. The van der Waals surface area contributed by atoms with Gasteiger partial charge in [-0.25, -0.2) is 0 Å². The van der Waals surface area contributed by atoms with Gasteiger partial charge >= 0.3 is 0 Å². The van der Waals surface area contributed by atoms with Crippen LogP contribution in [-0.2, 0) is 7.05 Å². The van der Waals surface area contributed by atoms with Gasteiger partial charge in [0.1, 0.15) is 0 Å². The Balaban J connectivity index is 2.83. The molecular weight excluding hydrogens is 162 g/mol. The number of hydrogen-bond donors (Lipinski definition) is 0. The number of aromatic nitrogens is 3. The Kier molecular flexibility index (Phi) is 1.75. The van der Waals surface area contributed by atoms with Crippen molar-refractivity contribution in [2.75, 3.05) is 0 Å². The molecule has 2 rings (SSSR count). The summed E-state index contributed by atoms with van der Waals surface area (Å²) in [4.78, 5) is 0. The van der Waals surface area contributed by atoms with Crippen LogP contribution < -0.4 is 0 Å². The number of nitrogens with zero attached hydrogens (tertiary/aromatic N) is 3. The van der Waals surface area contributed by atoms with E-state index in [-0.39, 0.29) is 0 Å². The third kappa shape index (κ3) is 1.17. The molecule has 2 aromatic heterocycles. The van der Waals surface area contributed by atoms with Crippen molar-refractivity contribution in [3.8, 4) is 11.8 Å². The van der Waals surface area contributed by atoms with Crippen LogP contribution in [0.25, 0.3) is 10.9 Å². The molecule has 0 N–H and O–H groups in total. The molecule has 0 saturated heterocycles. The highest BCUT2D eigenvalue weighted by molar-refractivity contribution is 5.85. The second-order valence-corrected chi connectivity index (χ2v) is 2.82. The summed E-state index contributed by atoms with van der Waals surface area (Å²) in [5.41, 5.74) is 2.07. The predicted octanol–water partition coefficient (Wildman–Crippen LogP) is 1.34. The smallest absolute Gasteiger partial charge is 0.0739 e. The minimum absolute atomic E-state index is 1.01. The van der Waals surface area contributed by atoms with Gasteiger partial charge in [0.15, 0.2) is 0 Å². The van der Waals surface area contributed by atoms with Crippen LogP contribution in [0.15, 0.2) is 18.6 Å². The van der Waals surface area contributed by atoms with E-state index in [0.717, 1.165) is 16.5 Å². The monoisotopic (exact) mass is 171 g/mol. The third-order valence-electron chi connectivity index (χ3n) is 1.96. The van der Waals surface area contributed by atoms with Crippen LogP contribution in [0.5, 0.6) is 0 Å². The van der Waals surface area contributed by atoms with Gasteiger partial charge in [-0.3, -0.25) is 0 Å². The minimum atomic E-state index is 1.01. The topological polar surface area (TPSA) is 30.7 Å². The van der Waals surface area contributed by atoms with Gasteiger partial charge in [0.05, 0.1) is 23.5 Å². The van der Waals surface area contributed by atoms with Crippen molar-refractivity contribution in [1.82, 2.24) is 14.8 Å². The molecule has 2 aromatic rings. The maximum Gasteiger partial charge on any atom is 0.0739 e. The summed E-state index contributed by atoms with van der Waals surface area (Å²) in [6.45, 7) is 1.83. The van der Waals surface area contributed by atoms with E-state index in [1.165, 1.54) is 0 Å². The summed E-state index contributed by atoms with van der Waals surface area (Å²) in [6.07, 6.45) is 5.48. The molecule has 0 bridgehead atoms. The first-order valence-electron chi connectivity index (χ1n) is 4.01. The Morgan fingerprint density at radius 2 is 2.08 bits per heavy atom. The lowest BCUT2D eigenvalue weighted by atomic mass is 10.2. The largest absolute Gasteiger partial charge is 0.348 e. The average Bonchev–Trinajstić information content (AvgIpc) is 2.46. The highest BCUT2D eigenvalue weighted by Crippen LogP contribution is 2.16. The van der Waals surface area contributed by atoms with Crippen LogP contribution in [0.2, 0.25) is 0 Å². The first kappa shape index (κ1) is 7.81. The molecule has 0 aliphatic heterocycles. The van der Waals surface area contributed by atoms with Crippen molar-refractivity contribution in [2.24, 2.45) is 7.05 Å². The number of fused-ring (bicyclic) bond motifs is 1. The van der Waals surface area contributed by atoms with E-state index in [4.69, 9.17) is 0 Å². The molecule has 64 valence electrons. The highest BCUT2D eigenvalue weighted by atomic mass is 15.1. The van der Waals surface area contributed by atoms with Gasteiger partial charge in [0, 0.05) is 18.6 Å². The van der Waals surface area contributed by atoms with Gasteiger partial charge in [-0.2, -0.15) is 10.2 Å². The molecule has 0 unspecified atom stereocenters. The molecule has 0 aliphatic carbocycles. The zero-order chi connectivity index (χ0) is 9.26. The van der Waals surface area contributed by atoms with Crippen molar-refractivity contribution in [3.63, 3.8) is 0 Å². The maximum atomic E-state index is 3.84. The van der Waals surface area contributed by atoms with E-state index < -0.39 is 0 Å². The van der Waals surface area contributed by atoms with Gasteiger partial charge in [-0.15, -0.1) is 5.92 Å². The van der Waals surface area contributed by atoms with Crippen LogP contribution in [0, 0.1) is 11.8 Å².